The Kier molecular flexibility index (Phi) is 3.38. The molecule has 0 radical (unpaired) electrons. The van der Waals surface area contributed by atoms with Crippen LogP contribution in [0.2, 0.25) is 0 Å². The Morgan fingerprint density at radius 3 is 2.50 bits per heavy atom. The van der Waals surface area contributed by atoms with Crippen LogP contribution in [0, 0.1) is 6.92 Å². The number of hydrogen-bond donors (Lipinski definition) is 3. The summed E-state index contributed by atoms with van der Waals surface area (Å²) in [6.07, 6.45) is 0. The Bertz CT molecular complexity index is 511. The second-order valence-electron chi connectivity index (χ2n) is 3.20. The van der Waals surface area contributed by atoms with Crippen molar-refractivity contribution in [2.45, 2.75) is 11.8 Å². The molecule has 6 nitrogen and oxygen atoms in total. The van der Waals surface area contributed by atoms with Gasteiger partial charge < -0.3 is 11.1 Å². The number of carbonyl (C=O) groups excluding carboxylic acids is 1. The highest BCUT2D eigenvalue weighted by molar-refractivity contribution is 7.90. The predicted octanol–water partition coefficient (Wildman–Crippen LogP) is 0.195. The number of aryl methyl sites for hydroxylation is 1. The first kappa shape index (κ1) is 12.3. The Morgan fingerprint density at radius 2 is 2.00 bits per heavy atom. The van der Waals surface area contributed by atoms with E-state index in [1.54, 1.807) is 13.0 Å². The molecule has 0 spiro atoms. The Morgan fingerprint density at radius 1 is 1.38 bits per heavy atom. The van der Waals surface area contributed by atoms with Crippen LogP contribution in [-0.2, 0) is 10.0 Å². The molecule has 0 aromatic heterocycles. The summed E-state index contributed by atoms with van der Waals surface area (Å²) < 4.78 is 25.1. The molecule has 0 bridgehead atoms. The zero-order valence-corrected chi connectivity index (χ0v) is 9.76. The average Bonchev–Trinajstić information content (AvgIpc) is 2.21. The van der Waals surface area contributed by atoms with Gasteiger partial charge in [0.1, 0.15) is 0 Å². The van der Waals surface area contributed by atoms with Crippen molar-refractivity contribution < 1.29 is 13.2 Å². The number of amides is 2. The van der Waals surface area contributed by atoms with Gasteiger partial charge in [0, 0.05) is 12.7 Å². The molecule has 0 fully saturated rings. The van der Waals surface area contributed by atoms with Crippen LogP contribution in [0.15, 0.2) is 23.1 Å². The highest BCUT2D eigenvalue weighted by atomic mass is 32.2. The van der Waals surface area contributed by atoms with Crippen molar-refractivity contribution in [1.82, 2.24) is 10.0 Å². The highest BCUT2D eigenvalue weighted by Gasteiger charge is 2.17. The number of nitrogens with two attached hydrogens (primary N) is 1. The molecule has 0 aliphatic rings. The molecule has 0 aliphatic carbocycles. The summed E-state index contributed by atoms with van der Waals surface area (Å²) >= 11 is 0. The van der Waals surface area contributed by atoms with Gasteiger partial charge in [0.15, 0.2) is 0 Å². The maximum absolute atomic E-state index is 11.6. The minimum absolute atomic E-state index is 0.0424. The number of carbonyl (C=O) groups is 1. The van der Waals surface area contributed by atoms with Crippen molar-refractivity contribution in [1.29, 1.82) is 0 Å². The van der Waals surface area contributed by atoms with E-state index in [-0.39, 0.29) is 4.90 Å². The fraction of sp³-hybridized carbons (Fsp3) is 0.222. The van der Waals surface area contributed by atoms with Gasteiger partial charge in [-0.1, -0.05) is 6.07 Å². The zero-order chi connectivity index (χ0) is 12.3. The van der Waals surface area contributed by atoms with Gasteiger partial charge in [0.2, 0.25) is 0 Å². The average molecular weight is 243 g/mol. The van der Waals surface area contributed by atoms with Crippen molar-refractivity contribution in [2.75, 3.05) is 12.8 Å². The highest BCUT2D eigenvalue weighted by Crippen LogP contribution is 2.16. The summed E-state index contributed by atoms with van der Waals surface area (Å²) in [7, 11) is -2.53. The number of nitrogens with one attached hydrogen (secondary N) is 2. The van der Waals surface area contributed by atoms with Gasteiger partial charge in [0.25, 0.3) is 10.0 Å². The van der Waals surface area contributed by atoms with E-state index in [2.05, 4.69) is 5.32 Å². The van der Waals surface area contributed by atoms with E-state index < -0.39 is 16.1 Å². The third-order valence-electron chi connectivity index (χ3n) is 2.02. The van der Waals surface area contributed by atoms with E-state index in [1.165, 1.54) is 19.2 Å². The smallest absolute Gasteiger partial charge is 0.328 e. The SMILES string of the molecule is CNC(=O)NS(=O)(=O)c1ccc(C)c(N)c1. The minimum atomic E-state index is -3.85. The molecule has 1 aromatic rings. The van der Waals surface area contributed by atoms with Crippen LogP contribution in [0.25, 0.3) is 0 Å². The van der Waals surface area contributed by atoms with Gasteiger partial charge >= 0.3 is 6.03 Å². The molecule has 1 rings (SSSR count). The van der Waals surface area contributed by atoms with E-state index in [4.69, 9.17) is 5.73 Å². The molecule has 4 N–H and O–H groups in total. The number of sulfonamides is 1. The number of hydrogen-bond acceptors (Lipinski definition) is 4. The topological polar surface area (TPSA) is 101 Å². The van der Waals surface area contributed by atoms with Crippen LogP contribution in [0.5, 0.6) is 0 Å². The summed E-state index contributed by atoms with van der Waals surface area (Å²) in [6.45, 7) is 1.76. The zero-order valence-electron chi connectivity index (χ0n) is 8.94. The summed E-state index contributed by atoms with van der Waals surface area (Å²) in [5.74, 6) is 0. The molecule has 2 amide bonds. The number of rotatable bonds is 2. The van der Waals surface area contributed by atoms with Gasteiger partial charge in [-0.2, -0.15) is 0 Å². The standard InChI is InChI=1S/C9H13N3O3S/c1-6-3-4-7(5-8(6)10)16(14,15)12-9(13)11-2/h3-5H,10H2,1-2H3,(H2,11,12,13). The van der Waals surface area contributed by atoms with Crippen molar-refractivity contribution in [2.24, 2.45) is 0 Å². The Hall–Kier alpha value is -1.76. The number of nitrogen functional groups attached to an aromatic ring is 1. The molecule has 0 atom stereocenters. The molecular weight excluding hydrogens is 230 g/mol. The number of benzene rings is 1. The van der Waals surface area contributed by atoms with Crippen LogP contribution in [0.1, 0.15) is 5.56 Å². The maximum Gasteiger partial charge on any atom is 0.328 e. The lowest BCUT2D eigenvalue weighted by Gasteiger charge is -2.07. The molecule has 7 heteroatoms. The summed E-state index contributed by atoms with van der Waals surface area (Å²) in [4.78, 5) is 10.9. The molecule has 0 unspecified atom stereocenters. The van der Waals surface area contributed by atoms with Crippen LogP contribution in [0.4, 0.5) is 10.5 Å². The van der Waals surface area contributed by atoms with Crippen LogP contribution < -0.4 is 15.8 Å². The predicted molar refractivity (Wildman–Crippen MR) is 60.4 cm³/mol. The van der Waals surface area contributed by atoms with E-state index in [9.17, 15) is 13.2 Å². The Balaban J connectivity index is 3.08. The molecule has 88 valence electrons. The first-order chi connectivity index (χ1) is 7.36. The van der Waals surface area contributed by atoms with Crippen LogP contribution >= 0.6 is 0 Å². The normalized spacial score (nSPS) is 10.9. The molecule has 16 heavy (non-hydrogen) atoms. The summed E-state index contributed by atoms with van der Waals surface area (Å²) in [6, 6.07) is 3.48. The number of urea groups is 1. The lowest BCUT2D eigenvalue weighted by Crippen LogP contribution is -2.37. The van der Waals surface area contributed by atoms with Crippen molar-refractivity contribution in [3.05, 3.63) is 23.8 Å². The third-order valence-corrected chi connectivity index (χ3v) is 3.34. The Labute approximate surface area is 93.9 Å². The summed E-state index contributed by atoms with van der Waals surface area (Å²) in [5.41, 5.74) is 6.73. The van der Waals surface area contributed by atoms with Crippen LogP contribution in [0.3, 0.4) is 0 Å². The molecular formula is C9H13N3O3S. The van der Waals surface area contributed by atoms with E-state index >= 15 is 0 Å². The molecule has 0 aliphatic heterocycles. The van der Waals surface area contributed by atoms with E-state index in [0.717, 1.165) is 5.56 Å². The van der Waals surface area contributed by atoms with Gasteiger partial charge in [-0.05, 0) is 24.6 Å². The first-order valence-corrected chi connectivity index (χ1v) is 5.96. The quantitative estimate of drug-likeness (QED) is 0.645. The number of anilines is 1. The first-order valence-electron chi connectivity index (χ1n) is 4.47. The van der Waals surface area contributed by atoms with E-state index in [1.807, 2.05) is 4.72 Å². The second kappa shape index (κ2) is 4.40. The van der Waals surface area contributed by atoms with Crippen molar-refractivity contribution in [3.8, 4) is 0 Å². The van der Waals surface area contributed by atoms with Crippen LogP contribution in [-0.4, -0.2) is 21.5 Å². The molecule has 0 heterocycles. The van der Waals surface area contributed by atoms with Gasteiger partial charge in [0.05, 0.1) is 4.90 Å². The fourth-order valence-electron chi connectivity index (χ4n) is 1.02. The van der Waals surface area contributed by atoms with Crippen molar-refractivity contribution >= 4 is 21.7 Å². The minimum Gasteiger partial charge on any atom is -0.398 e. The molecule has 0 saturated carbocycles. The summed E-state index contributed by atoms with van der Waals surface area (Å²) in [5, 5.41) is 2.16. The lowest BCUT2D eigenvalue weighted by atomic mass is 10.2. The molecule has 0 saturated heterocycles. The molecule has 1 aromatic carbocycles. The fourth-order valence-corrected chi connectivity index (χ4v) is 2.01. The third kappa shape index (κ3) is 2.63. The maximum atomic E-state index is 11.6. The second-order valence-corrected chi connectivity index (χ2v) is 4.89. The van der Waals surface area contributed by atoms with Gasteiger partial charge in [-0.25, -0.2) is 17.9 Å². The lowest BCUT2D eigenvalue weighted by molar-refractivity contribution is 0.248. The van der Waals surface area contributed by atoms with E-state index in [0.29, 0.717) is 5.69 Å². The monoisotopic (exact) mass is 243 g/mol. The van der Waals surface area contributed by atoms with Gasteiger partial charge in [-0.3, -0.25) is 0 Å². The largest absolute Gasteiger partial charge is 0.398 e. The van der Waals surface area contributed by atoms with Gasteiger partial charge in [-0.15, -0.1) is 0 Å². The van der Waals surface area contributed by atoms with Crippen molar-refractivity contribution in [3.63, 3.8) is 0 Å².